The van der Waals surface area contributed by atoms with E-state index in [1.54, 1.807) is 11.8 Å². The third kappa shape index (κ3) is 2.67. The highest BCUT2D eigenvalue weighted by Crippen LogP contribution is 2.20. The molecule has 4 rings (SSSR count). The molecule has 128 valence electrons. The van der Waals surface area contributed by atoms with Crippen molar-refractivity contribution in [2.45, 2.75) is 45.3 Å². The number of hydrogen-bond donors (Lipinski definition) is 1. The van der Waals surface area contributed by atoms with E-state index in [1.165, 1.54) is 0 Å². The summed E-state index contributed by atoms with van der Waals surface area (Å²) < 4.78 is 7.18. The smallest absolute Gasteiger partial charge is 0.255 e. The quantitative estimate of drug-likeness (QED) is 0.905. The van der Waals surface area contributed by atoms with Gasteiger partial charge in [0.1, 0.15) is 0 Å². The summed E-state index contributed by atoms with van der Waals surface area (Å²) in [5, 5.41) is 4.46. The molecule has 0 saturated carbocycles. The molecule has 0 spiro atoms. The summed E-state index contributed by atoms with van der Waals surface area (Å²) in [6, 6.07) is 0. The molecule has 2 aromatic rings. The van der Waals surface area contributed by atoms with Crippen LogP contribution < -0.4 is 5.56 Å². The first-order valence-electron chi connectivity index (χ1n) is 8.57. The fourth-order valence-corrected chi connectivity index (χ4v) is 3.72. The topological polar surface area (TPSA) is 76.0 Å². The molecular formula is C17H23N5O2. The van der Waals surface area contributed by atoms with E-state index >= 15 is 0 Å². The van der Waals surface area contributed by atoms with E-state index < -0.39 is 0 Å². The van der Waals surface area contributed by atoms with Crippen molar-refractivity contribution >= 4 is 0 Å². The van der Waals surface area contributed by atoms with E-state index in [0.29, 0.717) is 12.1 Å². The maximum absolute atomic E-state index is 12.2. The standard InChI is InChI=1S/C17H23N5O2/c1-11-12(9-21-7-6-13(10-21)24-2)8-18-22(11)17-19-15-5-3-4-14(15)16(23)20-17/h8,13H,3-7,9-10H2,1-2H3,(H,19,20,23). The summed E-state index contributed by atoms with van der Waals surface area (Å²) in [4.78, 5) is 22.1. The number of nitrogens with zero attached hydrogens (tertiary/aromatic N) is 4. The summed E-state index contributed by atoms with van der Waals surface area (Å²) in [5.41, 5.74) is 3.93. The van der Waals surface area contributed by atoms with Gasteiger partial charge >= 0.3 is 0 Å². The molecule has 0 radical (unpaired) electrons. The van der Waals surface area contributed by atoms with Gasteiger partial charge in [-0.05, 0) is 32.6 Å². The Morgan fingerprint density at radius 2 is 2.29 bits per heavy atom. The third-order valence-corrected chi connectivity index (χ3v) is 5.20. The van der Waals surface area contributed by atoms with Gasteiger partial charge in [0.2, 0.25) is 5.95 Å². The average Bonchev–Trinajstić information content (AvgIpc) is 3.28. The first-order valence-corrected chi connectivity index (χ1v) is 8.57. The van der Waals surface area contributed by atoms with Gasteiger partial charge in [-0.15, -0.1) is 0 Å². The van der Waals surface area contributed by atoms with Crippen molar-refractivity contribution in [2.75, 3.05) is 20.2 Å². The van der Waals surface area contributed by atoms with Gasteiger partial charge in [-0.3, -0.25) is 14.7 Å². The number of H-pyrrole nitrogens is 1. The summed E-state index contributed by atoms with van der Waals surface area (Å²) in [6.45, 7) is 4.87. The molecule has 1 N–H and O–H groups in total. The lowest BCUT2D eigenvalue weighted by molar-refractivity contribution is 0.107. The van der Waals surface area contributed by atoms with Gasteiger partial charge in [-0.1, -0.05) is 0 Å². The summed E-state index contributed by atoms with van der Waals surface area (Å²) in [5.74, 6) is 0.528. The van der Waals surface area contributed by atoms with Crippen molar-refractivity contribution in [1.29, 1.82) is 0 Å². The molecular weight excluding hydrogens is 306 g/mol. The molecule has 0 aromatic carbocycles. The van der Waals surface area contributed by atoms with Gasteiger partial charge in [0.15, 0.2) is 0 Å². The van der Waals surface area contributed by atoms with Crippen LogP contribution in [0.4, 0.5) is 0 Å². The van der Waals surface area contributed by atoms with Crippen LogP contribution in [-0.4, -0.2) is 51.0 Å². The molecule has 0 bridgehead atoms. The zero-order valence-corrected chi connectivity index (χ0v) is 14.2. The Hall–Kier alpha value is -1.99. The number of rotatable bonds is 4. The van der Waals surface area contributed by atoms with Crippen LogP contribution in [0.25, 0.3) is 5.95 Å². The molecule has 1 fully saturated rings. The van der Waals surface area contributed by atoms with Gasteiger partial charge in [0.25, 0.3) is 5.56 Å². The highest BCUT2D eigenvalue weighted by atomic mass is 16.5. The van der Waals surface area contributed by atoms with E-state index in [4.69, 9.17) is 4.74 Å². The van der Waals surface area contributed by atoms with Gasteiger partial charge < -0.3 is 4.74 Å². The van der Waals surface area contributed by atoms with Crippen molar-refractivity contribution < 1.29 is 4.74 Å². The molecule has 24 heavy (non-hydrogen) atoms. The minimum atomic E-state index is -0.0218. The number of aryl methyl sites for hydroxylation is 1. The molecule has 0 amide bonds. The van der Waals surface area contributed by atoms with Crippen molar-refractivity contribution in [3.8, 4) is 5.95 Å². The number of aromatic nitrogens is 4. The number of hydrogen-bond acceptors (Lipinski definition) is 5. The molecule has 7 heteroatoms. The van der Waals surface area contributed by atoms with Crippen LogP contribution in [0.3, 0.4) is 0 Å². The van der Waals surface area contributed by atoms with Gasteiger partial charge in [0.05, 0.1) is 18.0 Å². The van der Waals surface area contributed by atoms with Crippen LogP contribution in [-0.2, 0) is 24.1 Å². The number of methoxy groups -OCH3 is 1. The molecule has 1 aliphatic heterocycles. The second-order valence-electron chi connectivity index (χ2n) is 6.72. The lowest BCUT2D eigenvalue weighted by Crippen LogP contribution is -2.23. The lowest BCUT2D eigenvalue weighted by atomic mass is 10.2. The van der Waals surface area contributed by atoms with E-state index in [1.807, 2.05) is 13.1 Å². The Balaban J connectivity index is 1.59. The van der Waals surface area contributed by atoms with Crippen LogP contribution in [0.2, 0.25) is 0 Å². The lowest BCUT2D eigenvalue weighted by Gasteiger charge is -2.15. The molecule has 1 atom stereocenters. The van der Waals surface area contributed by atoms with E-state index in [2.05, 4.69) is 20.0 Å². The number of fused-ring (bicyclic) bond motifs is 1. The van der Waals surface area contributed by atoms with Gasteiger partial charge in [0, 0.05) is 43.6 Å². The maximum atomic E-state index is 12.2. The minimum absolute atomic E-state index is 0.0218. The number of likely N-dealkylation sites (tertiary alicyclic amines) is 1. The zero-order chi connectivity index (χ0) is 16.7. The van der Waals surface area contributed by atoms with Crippen LogP contribution in [0.5, 0.6) is 0 Å². The largest absolute Gasteiger partial charge is 0.380 e. The minimum Gasteiger partial charge on any atom is -0.380 e. The van der Waals surface area contributed by atoms with Crippen molar-refractivity contribution in [2.24, 2.45) is 0 Å². The van der Waals surface area contributed by atoms with Crippen molar-refractivity contribution in [1.82, 2.24) is 24.6 Å². The molecule has 7 nitrogen and oxygen atoms in total. The summed E-state index contributed by atoms with van der Waals surface area (Å²) >= 11 is 0. The Labute approximate surface area is 140 Å². The molecule has 2 aliphatic rings. The molecule has 1 unspecified atom stereocenters. The Morgan fingerprint density at radius 3 is 3.08 bits per heavy atom. The first-order chi connectivity index (χ1) is 11.7. The second-order valence-corrected chi connectivity index (χ2v) is 6.72. The van der Waals surface area contributed by atoms with Crippen LogP contribution >= 0.6 is 0 Å². The molecule has 2 aromatic heterocycles. The fourth-order valence-electron chi connectivity index (χ4n) is 3.72. The van der Waals surface area contributed by atoms with Crippen LogP contribution in [0, 0.1) is 6.92 Å². The highest BCUT2D eigenvalue weighted by Gasteiger charge is 2.24. The summed E-state index contributed by atoms with van der Waals surface area (Å²) in [6.07, 6.45) is 6.00. The van der Waals surface area contributed by atoms with Gasteiger partial charge in [-0.2, -0.15) is 5.10 Å². The van der Waals surface area contributed by atoms with E-state index in [9.17, 15) is 4.79 Å². The SMILES string of the molecule is COC1CCN(Cc2cnn(-c3nc4c(c(=O)[nH]3)CCC4)c2C)C1. The molecule has 3 heterocycles. The van der Waals surface area contributed by atoms with Crippen LogP contribution in [0.15, 0.2) is 11.0 Å². The second kappa shape index (κ2) is 6.14. The highest BCUT2D eigenvalue weighted by molar-refractivity contribution is 5.29. The van der Waals surface area contributed by atoms with Crippen molar-refractivity contribution in [3.05, 3.63) is 39.1 Å². The first kappa shape index (κ1) is 15.5. The predicted octanol–water partition coefficient (Wildman–Crippen LogP) is 0.973. The normalized spacial score (nSPS) is 20.7. The number of ether oxygens (including phenoxy) is 1. The van der Waals surface area contributed by atoms with E-state index in [0.717, 1.165) is 67.8 Å². The zero-order valence-electron chi connectivity index (χ0n) is 14.2. The average molecular weight is 329 g/mol. The number of nitrogens with one attached hydrogen (secondary N) is 1. The van der Waals surface area contributed by atoms with Crippen molar-refractivity contribution in [3.63, 3.8) is 0 Å². The van der Waals surface area contributed by atoms with Gasteiger partial charge in [-0.25, -0.2) is 9.67 Å². The molecule has 1 saturated heterocycles. The Kier molecular flexibility index (Phi) is 3.97. The fraction of sp³-hybridized carbons (Fsp3) is 0.588. The van der Waals surface area contributed by atoms with E-state index in [-0.39, 0.29) is 5.56 Å². The van der Waals surface area contributed by atoms with Crippen LogP contribution in [0.1, 0.15) is 35.4 Å². The third-order valence-electron chi connectivity index (χ3n) is 5.20. The summed E-state index contributed by atoms with van der Waals surface area (Å²) in [7, 11) is 1.77. The molecule has 1 aliphatic carbocycles. The Morgan fingerprint density at radius 1 is 1.42 bits per heavy atom. The Bertz CT molecular complexity index is 810. The maximum Gasteiger partial charge on any atom is 0.255 e. The number of aromatic amines is 1. The monoisotopic (exact) mass is 329 g/mol. The predicted molar refractivity (Wildman–Crippen MR) is 89.4 cm³/mol.